The number of rotatable bonds is 4. The zero-order valence-corrected chi connectivity index (χ0v) is 13.6. The van der Waals surface area contributed by atoms with Gasteiger partial charge in [-0.2, -0.15) is 0 Å². The van der Waals surface area contributed by atoms with Crippen molar-refractivity contribution in [3.8, 4) is 0 Å². The second kappa shape index (κ2) is 6.85. The van der Waals surface area contributed by atoms with Crippen LogP contribution in [0.2, 0.25) is 0 Å². The van der Waals surface area contributed by atoms with Crippen molar-refractivity contribution in [1.29, 1.82) is 0 Å². The van der Waals surface area contributed by atoms with Crippen LogP contribution in [0.4, 0.5) is 0 Å². The summed E-state index contributed by atoms with van der Waals surface area (Å²) < 4.78 is 0. The average Bonchev–Trinajstić information content (AvgIpc) is 3.13. The highest BCUT2D eigenvalue weighted by Gasteiger charge is 2.23. The van der Waals surface area contributed by atoms with Crippen molar-refractivity contribution in [2.24, 2.45) is 0 Å². The van der Waals surface area contributed by atoms with Gasteiger partial charge in [0.25, 0.3) is 0 Å². The number of carbonyl (C=O) groups excluding carboxylic acids is 1. The first kappa shape index (κ1) is 14.9. The number of thiazole rings is 1. The van der Waals surface area contributed by atoms with Crippen molar-refractivity contribution in [1.82, 2.24) is 19.7 Å². The summed E-state index contributed by atoms with van der Waals surface area (Å²) in [5.74, 6) is 0.316. The maximum atomic E-state index is 12.2. The predicted molar refractivity (Wildman–Crippen MR) is 84.4 cm³/mol. The molecule has 0 N–H and O–H groups in total. The zero-order chi connectivity index (χ0) is 14.7. The van der Waals surface area contributed by atoms with E-state index in [9.17, 15) is 4.79 Å². The Bertz CT molecular complexity index is 476. The van der Waals surface area contributed by atoms with E-state index >= 15 is 0 Å². The van der Waals surface area contributed by atoms with Crippen LogP contribution in [0.15, 0.2) is 5.38 Å². The molecular formula is C15H24N4OS. The number of piperazine rings is 1. The van der Waals surface area contributed by atoms with Crippen LogP contribution in [0, 0.1) is 6.92 Å². The number of aromatic nitrogens is 1. The molecule has 2 aliphatic rings. The predicted octanol–water partition coefficient (Wildman–Crippen LogP) is 1.19. The molecule has 2 fully saturated rings. The van der Waals surface area contributed by atoms with Gasteiger partial charge in [-0.05, 0) is 19.8 Å². The molecule has 1 aromatic rings. The molecule has 0 spiro atoms. The monoisotopic (exact) mass is 308 g/mol. The Hall–Kier alpha value is -0.980. The van der Waals surface area contributed by atoms with Crippen LogP contribution < -0.4 is 0 Å². The molecule has 0 saturated carbocycles. The minimum atomic E-state index is 0.316. The quantitative estimate of drug-likeness (QED) is 0.838. The van der Waals surface area contributed by atoms with E-state index in [0.29, 0.717) is 12.5 Å². The van der Waals surface area contributed by atoms with Crippen LogP contribution >= 0.6 is 11.3 Å². The fourth-order valence-corrected chi connectivity index (χ4v) is 3.68. The minimum absolute atomic E-state index is 0.316. The number of aryl methyl sites for hydroxylation is 1. The molecule has 5 nitrogen and oxygen atoms in total. The van der Waals surface area contributed by atoms with Crippen molar-refractivity contribution < 1.29 is 4.79 Å². The van der Waals surface area contributed by atoms with Crippen LogP contribution in [-0.2, 0) is 11.3 Å². The average molecular weight is 308 g/mol. The van der Waals surface area contributed by atoms with E-state index in [1.165, 1.54) is 18.5 Å². The summed E-state index contributed by atoms with van der Waals surface area (Å²) in [6, 6.07) is 0. The molecule has 21 heavy (non-hydrogen) atoms. The van der Waals surface area contributed by atoms with Gasteiger partial charge in [0, 0.05) is 51.2 Å². The van der Waals surface area contributed by atoms with Gasteiger partial charge in [-0.25, -0.2) is 4.98 Å². The lowest BCUT2D eigenvalue weighted by Crippen LogP contribution is -2.49. The van der Waals surface area contributed by atoms with Gasteiger partial charge in [0.2, 0.25) is 5.91 Å². The number of carbonyl (C=O) groups is 1. The van der Waals surface area contributed by atoms with Gasteiger partial charge >= 0.3 is 0 Å². The van der Waals surface area contributed by atoms with Gasteiger partial charge in [0.15, 0.2) is 0 Å². The van der Waals surface area contributed by atoms with Crippen LogP contribution in [0.1, 0.15) is 23.5 Å². The molecule has 2 aliphatic heterocycles. The standard InChI is InChI=1S/C15H24N4OS/c1-13-16-14(12-21-13)10-17-6-8-18(9-7-17)11-15(20)19-4-2-3-5-19/h12H,2-11H2,1H3. The van der Waals surface area contributed by atoms with E-state index in [0.717, 1.165) is 50.8 Å². The smallest absolute Gasteiger partial charge is 0.236 e. The second-order valence-electron chi connectivity index (χ2n) is 6.00. The normalized spacial score (nSPS) is 21.1. The van der Waals surface area contributed by atoms with Gasteiger partial charge in [0.05, 0.1) is 17.2 Å². The Labute approximate surface area is 130 Å². The summed E-state index contributed by atoms with van der Waals surface area (Å²) >= 11 is 1.72. The molecule has 1 aromatic heterocycles. The first-order valence-electron chi connectivity index (χ1n) is 7.84. The topological polar surface area (TPSA) is 39.7 Å². The molecule has 1 amide bonds. The highest BCUT2D eigenvalue weighted by molar-refractivity contribution is 7.09. The van der Waals surface area contributed by atoms with E-state index in [1.807, 2.05) is 4.90 Å². The molecule has 3 heterocycles. The summed E-state index contributed by atoms with van der Waals surface area (Å²) in [5, 5.41) is 3.29. The number of likely N-dealkylation sites (tertiary alicyclic amines) is 1. The van der Waals surface area contributed by atoms with E-state index in [1.54, 1.807) is 11.3 Å². The van der Waals surface area contributed by atoms with E-state index in [4.69, 9.17) is 0 Å². The van der Waals surface area contributed by atoms with Crippen molar-refractivity contribution in [2.45, 2.75) is 26.3 Å². The van der Waals surface area contributed by atoms with E-state index in [-0.39, 0.29) is 0 Å². The Morgan fingerprint density at radius 1 is 1.14 bits per heavy atom. The van der Waals surface area contributed by atoms with Crippen LogP contribution in [-0.4, -0.2) is 71.4 Å². The van der Waals surface area contributed by atoms with Crippen LogP contribution in [0.5, 0.6) is 0 Å². The van der Waals surface area contributed by atoms with Crippen molar-refractivity contribution >= 4 is 17.2 Å². The maximum Gasteiger partial charge on any atom is 0.236 e. The lowest BCUT2D eigenvalue weighted by atomic mass is 10.3. The molecule has 116 valence electrons. The second-order valence-corrected chi connectivity index (χ2v) is 7.06. The first-order valence-corrected chi connectivity index (χ1v) is 8.72. The Morgan fingerprint density at radius 2 is 1.81 bits per heavy atom. The SMILES string of the molecule is Cc1nc(CN2CCN(CC(=O)N3CCCC3)CC2)cs1. The summed E-state index contributed by atoms with van der Waals surface area (Å²) in [6.45, 7) is 9.56. The largest absolute Gasteiger partial charge is 0.342 e. The minimum Gasteiger partial charge on any atom is -0.342 e. The van der Waals surface area contributed by atoms with Crippen molar-refractivity contribution in [3.05, 3.63) is 16.1 Å². The molecule has 3 rings (SSSR count). The highest BCUT2D eigenvalue weighted by atomic mass is 32.1. The number of hydrogen-bond acceptors (Lipinski definition) is 5. The van der Waals surface area contributed by atoms with Crippen molar-refractivity contribution in [3.63, 3.8) is 0 Å². The highest BCUT2D eigenvalue weighted by Crippen LogP contribution is 2.13. The third kappa shape index (κ3) is 4.02. The number of amides is 1. The van der Waals surface area contributed by atoms with Crippen molar-refractivity contribution in [2.75, 3.05) is 45.8 Å². The first-order chi connectivity index (χ1) is 10.2. The summed E-state index contributed by atoms with van der Waals surface area (Å²) in [4.78, 5) is 23.4. The van der Waals surface area contributed by atoms with Gasteiger partial charge < -0.3 is 4.90 Å². The van der Waals surface area contributed by atoms with Gasteiger partial charge in [-0.1, -0.05) is 0 Å². The Balaban J connectivity index is 1.41. The fraction of sp³-hybridized carbons (Fsp3) is 0.733. The lowest BCUT2D eigenvalue weighted by molar-refractivity contribution is -0.131. The molecule has 0 unspecified atom stereocenters. The van der Waals surface area contributed by atoms with E-state index < -0.39 is 0 Å². The Morgan fingerprint density at radius 3 is 2.43 bits per heavy atom. The lowest BCUT2D eigenvalue weighted by Gasteiger charge is -2.34. The van der Waals surface area contributed by atoms with Gasteiger partial charge in [0.1, 0.15) is 0 Å². The maximum absolute atomic E-state index is 12.2. The summed E-state index contributed by atoms with van der Waals surface area (Å²) in [5.41, 5.74) is 1.18. The Kier molecular flexibility index (Phi) is 4.87. The molecular weight excluding hydrogens is 284 g/mol. The third-order valence-corrected chi connectivity index (χ3v) is 5.16. The van der Waals surface area contributed by atoms with Gasteiger partial charge in [-0.15, -0.1) is 11.3 Å². The zero-order valence-electron chi connectivity index (χ0n) is 12.8. The summed E-state index contributed by atoms with van der Waals surface area (Å²) in [7, 11) is 0. The molecule has 0 aromatic carbocycles. The molecule has 0 radical (unpaired) electrons. The molecule has 2 saturated heterocycles. The summed E-state index contributed by atoms with van der Waals surface area (Å²) in [6.07, 6.45) is 2.35. The van der Waals surface area contributed by atoms with Crippen LogP contribution in [0.3, 0.4) is 0 Å². The number of hydrogen-bond donors (Lipinski definition) is 0. The molecule has 6 heteroatoms. The molecule has 0 bridgehead atoms. The fourth-order valence-electron chi connectivity index (χ4n) is 3.07. The molecule has 0 atom stereocenters. The molecule has 0 aliphatic carbocycles. The number of nitrogens with zero attached hydrogens (tertiary/aromatic N) is 4. The van der Waals surface area contributed by atoms with E-state index in [2.05, 4.69) is 27.1 Å². The van der Waals surface area contributed by atoms with Gasteiger partial charge in [-0.3, -0.25) is 14.6 Å². The van der Waals surface area contributed by atoms with Crippen LogP contribution in [0.25, 0.3) is 0 Å². The third-order valence-electron chi connectivity index (χ3n) is 4.33.